The van der Waals surface area contributed by atoms with Crippen molar-refractivity contribution in [2.45, 2.75) is 65.3 Å². The molecule has 1 heterocycles. The molecule has 1 fully saturated rings. The van der Waals surface area contributed by atoms with Crippen molar-refractivity contribution in [1.82, 2.24) is 4.90 Å². The van der Waals surface area contributed by atoms with Crippen LogP contribution in [-0.2, 0) is 19.1 Å². The number of esters is 1. The van der Waals surface area contributed by atoms with Crippen molar-refractivity contribution in [1.29, 1.82) is 0 Å². The molecule has 1 aromatic rings. The summed E-state index contributed by atoms with van der Waals surface area (Å²) in [4.78, 5) is 40.8. The first kappa shape index (κ1) is 24.7. The fourth-order valence-corrected chi connectivity index (χ4v) is 3.84. The van der Waals surface area contributed by atoms with Crippen molar-refractivity contribution in [3.63, 3.8) is 0 Å². The van der Waals surface area contributed by atoms with Crippen molar-refractivity contribution in [3.05, 3.63) is 23.8 Å². The number of rotatable bonds is 9. The van der Waals surface area contributed by atoms with Gasteiger partial charge in [0, 0.05) is 23.4 Å². The zero-order chi connectivity index (χ0) is 23.2. The second-order valence-electron chi connectivity index (χ2n) is 8.53. The Kier molecular flexibility index (Phi) is 8.48. The van der Waals surface area contributed by atoms with Crippen LogP contribution in [-0.4, -0.2) is 56.0 Å². The van der Waals surface area contributed by atoms with Gasteiger partial charge < -0.3 is 19.1 Å². The van der Waals surface area contributed by atoms with E-state index in [0.29, 0.717) is 43.7 Å². The van der Waals surface area contributed by atoms with E-state index in [0.717, 1.165) is 5.56 Å². The van der Waals surface area contributed by atoms with Crippen LogP contribution in [0.5, 0.6) is 11.5 Å². The summed E-state index contributed by atoms with van der Waals surface area (Å²) >= 11 is 0. The van der Waals surface area contributed by atoms with Crippen LogP contribution in [0.3, 0.4) is 0 Å². The summed E-state index contributed by atoms with van der Waals surface area (Å²) in [5, 5.41) is 0. The predicted octanol–water partition coefficient (Wildman–Crippen LogP) is 3.74. The third kappa shape index (κ3) is 5.38. The molecule has 1 saturated heterocycles. The fourth-order valence-electron chi connectivity index (χ4n) is 3.84. The molecule has 1 aliphatic rings. The van der Waals surface area contributed by atoms with Crippen LogP contribution in [0.25, 0.3) is 0 Å². The summed E-state index contributed by atoms with van der Waals surface area (Å²) in [6.07, 6.45) is 2.52. The molecule has 172 valence electrons. The van der Waals surface area contributed by atoms with Crippen molar-refractivity contribution in [2.24, 2.45) is 5.41 Å². The minimum absolute atomic E-state index is 0.258. The molecule has 1 aliphatic heterocycles. The molecule has 0 saturated carbocycles. The Morgan fingerprint density at radius 2 is 1.84 bits per heavy atom. The van der Waals surface area contributed by atoms with Crippen molar-refractivity contribution < 1.29 is 28.6 Å². The summed E-state index contributed by atoms with van der Waals surface area (Å²) in [5.74, 6) is -0.744. The van der Waals surface area contributed by atoms with E-state index in [4.69, 9.17) is 14.2 Å². The van der Waals surface area contributed by atoms with Crippen LogP contribution in [0.15, 0.2) is 18.2 Å². The SMILES string of the molecule is CCCOC(=O)C1C(c2cc(OC)ccc2OC)CCCN1C(=O)C(=O)C(C)(C)CC. The molecule has 2 unspecified atom stereocenters. The number of ether oxygens (including phenoxy) is 3. The Bertz CT molecular complexity index is 803. The lowest BCUT2D eigenvalue weighted by Gasteiger charge is -2.40. The van der Waals surface area contributed by atoms with E-state index in [2.05, 4.69) is 0 Å². The molecule has 0 spiro atoms. The largest absolute Gasteiger partial charge is 0.497 e. The highest BCUT2D eigenvalue weighted by atomic mass is 16.5. The number of likely N-dealkylation sites (tertiary alicyclic amines) is 1. The lowest BCUT2D eigenvalue weighted by atomic mass is 9.80. The van der Waals surface area contributed by atoms with Gasteiger partial charge in [-0.25, -0.2) is 4.79 Å². The first-order valence-corrected chi connectivity index (χ1v) is 11.0. The quantitative estimate of drug-likeness (QED) is 0.436. The van der Waals surface area contributed by atoms with Crippen LogP contribution in [0, 0.1) is 5.41 Å². The molecule has 2 rings (SSSR count). The Balaban J connectivity index is 2.52. The Hall–Kier alpha value is -2.57. The summed E-state index contributed by atoms with van der Waals surface area (Å²) in [5.41, 5.74) is -0.0322. The molecule has 1 aromatic carbocycles. The molecule has 0 aliphatic carbocycles. The van der Waals surface area contributed by atoms with Gasteiger partial charge in [-0.2, -0.15) is 0 Å². The van der Waals surface area contributed by atoms with Crippen molar-refractivity contribution in [2.75, 3.05) is 27.4 Å². The number of carbonyl (C=O) groups excluding carboxylic acids is 3. The van der Waals surface area contributed by atoms with E-state index in [9.17, 15) is 14.4 Å². The zero-order valence-electron chi connectivity index (χ0n) is 19.5. The molecule has 7 nitrogen and oxygen atoms in total. The first-order valence-electron chi connectivity index (χ1n) is 11.0. The number of carbonyl (C=O) groups is 3. The number of nitrogens with zero attached hydrogens (tertiary/aromatic N) is 1. The second-order valence-corrected chi connectivity index (χ2v) is 8.53. The monoisotopic (exact) mass is 433 g/mol. The van der Waals surface area contributed by atoms with Gasteiger partial charge >= 0.3 is 5.97 Å². The smallest absolute Gasteiger partial charge is 0.329 e. The number of methoxy groups -OCH3 is 2. The number of benzene rings is 1. The van der Waals surface area contributed by atoms with Crippen molar-refractivity contribution in [3.8, 4) is 11.5 Å². The van der Waals surface area contributed by atoms with Gasteiger partial charge in [0.25, 0.3) is 5.91 Å². The van der Waals surface area contributed by atoms with Gasteiger partial charge in [0.15, 0.2) is 0 Å². The summed E-state index contributed by atoms with van der Waals surface area (Å²) in [6, 6.07) is 4.50. The lowest BCUT2D eigenvalue weighted by molar-refractivity contribution is -0.162. The fraction of sp³-hybridized carbons (Fsp3) is 0.625. The topological polar surface area (TPSA) is 82.1 Å². The van der Waals surface area contributed by atoms with E-state index in [1.165, 1.54) is 4.90 Å². The lowest BCUT2D eigenvalue weighted by Crippen LogP contribution is -2.55. The molecule has 31 heavy (non-hydrogen) atoms. The maximum absolute atomic E-state index is 13.3. The third-order valence-electron chi connectivity index (χ3n) is 6.11. The summed E-state index contributed by atoms with van der Waals surface area (Å²) < 4.78 is 16.4. The van der Waals surface area contributed by atoms with Crippen molar-refractivity contribution >= 4 is 17.7 Å². The minimum Gasteiger partial charge on any atom is -0.497 e. The highest BCUT2D eigenvalue weighted by Gasteiger charge is 2.45. The van der Waals surface area contributed by atoms with Gasteiger partial charge in [0.2, 0.25) is 5.78 Å². The van der Waals surface area contributed by atoms with Crippen LogP contribution >= 0.6 is 0 Å². The molecule has 7 heteroatoms. The molecule has 0 aromatic heterocycles. The van der Waals surface area contributed by atoms with Gasteiger partial charge in [0.1, 0.15) is 17.5 Å². The Morgan fingerprint density at radius 1 is 1.13 bits per heavy atom. The average Bonchev–Trinajstić information content (AvgIpc) is 2.80. The van der Waals surface area contributed by atoms with Gasteiger partial charge in [-0.1, -0.05) is 27.7 Å². The molecule has 1 amide bonds. The standard InChI is InChI=1S/C24H35NO6/c1-7-14-31-23(28)20-17(18-15-16(29-5)11-12-19(18)30-6)10-9-13-25(20)22(27)21(26)24(3,4)8-2/h11-12,15,17,20H,7-10,13-14H2,1-6H3. The van der Waals surface area contributed by atoms with Crippen LogP contribution in [0.1, 0.15) is 64.9 Å². The van der Waals surface area contributed by atoms with E-state index in [1.807, 2.05) is 19.9 Å². The number of hydrogen-bond acceptors (Lipinski definition) is 6. The zero-order valence-corrected chi connectivity index (χ0v) is 19.5. The summed E-state index contributed by atoms with van der Waals surface area (Å²) in [6.45, 7) is 7.88. The van der Waals surface area contributed by atoms with Crippen LogP contribution in [0.2, 0.25) is 0 Å². The average molecular weight is 434 g/mol. The van der Waals surface area contributed by atoms with Crippen LogP contribution in [0.4, 0.5) is 0 Å². The molecular formula is C24H35NO6. The number of Topliss-reactive ketones (excluding diaryl/α,β-unsaturated/α-hetero) is 1. The van der Waals surface area contributed by atoms with E-state index < -0.39 is 29.1 Å². The second kappa shape index (κ2) is 10.6. The Morgan fingerprint density at radius 3 is 2.42 bits per heavy atom. The van der Waals surface area contributed by atoms with Gasteiger partial charge in [-0.3, -0.25) is 9.59 Å². The van der Waals surface area contributed by atoms with E-state index >= 15 is 0 Å². The summed E-state index contributed by atoms with van der Waals surface area (Å²) in [7, 11) is 3.13. The van der Waals surface area contributed by atoms with Gasteiger partial charge in [-0.15, -0.1) is 0 Å². The van der Waals surface area contributed by atoms with Gasteiger partial charge in [-0.05, 0) is 43.9 Å². The Labute approximate surface area is 185 Å². The maximum Gasteiger partial charge on any atom is 0.329 e. The number of hydrogen-bond donors (Lipinski definition) is 0. The molecular weight excluding hydrogens is 398 g/mol. The third-order valence-corrected chi connectivity index (χ3v) is 6.11. The number of ketones is 1. The van der Waals surface area contributed by atoms with E-state index in [-0.39, 0.29) is 12.5 Å². The first-order chi connectivity index (χ1) is 14.7. The highest BCUT2D eigenvalue weighted by Crippen LogP contribution is 2.40. The molecule has 2 atom stereocenters. The minimum atomic E-state index is -0.898. The molecule has 0 radical (unpaired) electrons. The number of amides is 1. The van der Waals surface area contributed by atoms with Crippen LogP contribution < -0.4 is 9.47 Å². The highest BCUT2D eigenvalue weighted by molar-refractivity contribution is 6.38. The maximum atomic E-state index is 13.3. The van der Waals surface area contributed by atoms with E-state index in [1.54, 1.807) is 40.2 Å². The normalized spacial score (nSPS) is 19.0. The molecule has 0 bridgehead atoms. The number of piperidine rings is 1. The molecule has 0 N–H and O–H groups in total. The predicted molar refractivity (Wildman–Crippen MR) is 117 cm³/mol. The van der Waals surface area contributed by atoms with Gasteiger partial charge in [0.05, 0.1) is 20.8 Å².